The second-order valence-corrected chi connectivity index (χ2v) is 2.82. The molecule has 0 radical (unpaired) electrons. The molecular formula is C7H14N2O2. The van der Waals surface area contributed by atoms with Gasteiger partial charge in [0.2, 0.25) is 0 Å². The molecule has 1 saturated heterocycles. The van der Waals surface area contributed by atoms with Crippen LogP contribution in [0.25, 0.3) is 0 Å². The van der Waals surface area contributed by atoms with Crippen LogP contribution in [-0.4, -0.2) is 36.2 Å². The second-order valence-electron chi connectivity index (χ2n) is 2.82. The SMILES string of the molecule is CNN1CCC(C(=O)O)CC1. The van der Waals surface area contributed by atoms with Crippen molar-refractivity contribution in [3.8, 4) is 0 Å². The number of nitrogens with zero attached hydrogens (tertiary/aromatic N) is 1. The molecule has 1 aliphatic rings. The summed E-state index contributed by atoms with van der Waals surface area (Å²) in [5.74, 6) is -0.777. The molecule has 1 heterocycles. The monoisotopic (exact) mass is 158 g/mol. The molecule has 0 aromatic rings. The molecule has 0 saturated carbocycles. The lowest BCUT2D eigenvalue weighted by atomic mass is 9.98. The standard InChI is InChI=1S/C7H14N2O2/c1-8-9-4-2-6(3-5-9)7(10)11/h6,8H,2-5H2,1H3,(H,10,11). The van der Waals surface area contributed by atoms with Gasteiger partial charge >= 0.3 is 5.97 Å². The first-order valence-corrected chi connectivity index (χ1v) is 3.89. The average molecular weight is 158 g/mol. The molecule has 0 aliphatic carbocycles. The van der Waals surface area contributed by atoms with E-state index in [0.29, 0.717) is 0 Å². The van der Waals surface area contributed by atoms with Gasteiger partial charge in [-0.2, -0.15) is 0 Å². The Hall–Kier alpha value is -0.610. The van der Waals surface area contributed by atoms with Crippen molar-refractivity contribution < 1.29 is 9.90 Å². The zero-order valence-electron chi connectivity index (χ0n) is 6.71. The summed E-state index contributed by atoms with van der Waals surface area (Å²) in [6, 6.07) is 0. The fourth-order valence-corrected chi connectivity index (χ4v) is 1.35. The maximum atomic E-state index is 10.5. The van der Waals surface area contributed by atoms with Crippen molar-refractivity contribution in [2.75, 3.05) is 20.1 Å². The predicted molar refractivity (Wildman–Crippen MR) is 41.0 cm³/mol. The molecule has 11 heavy (non-hydrogen) atoms. The number of nitrogens with one attached hydrogen (secondary N) is 1. The zero-order valence-corrected chi connectivity index (χ0v) is 6.71. The molecule has 0 amide bonds. The van der Waals surface area contributed by atoms with E-state index in [0.717, 1.165) is 25.9 Å². The van der Waals surface area contributed by atoms with Crippen molar-refractivity contribution in [2.45, 2.75) is 12.8 Å². The number of hydrogen-bond acceptors (Lipinski definition) is 3. The minimum absolute atomic E-state index is 0.125. The Morgan fingerprint density at radius 3 is 2.45 bits per heavy atom. The van der Waals surface area contributed by atoms with Gasteiger partial charge in [0, 0.05) is 13.1 Å². The molecule has 4 heteroatoms. The molecule has 0 spiro atoms. The summed E-state index contributed by atoms with van der Waals surface area (Å²) in [7, 11) is 1.86. The molecular weight excluding hydrogens is 144 g/mol. The molecule has 1 aliphatic heterocycles. The van der Waals surface area contributed by atoms with Crippen LogP contribution in [0.4, 0.5) is 0 Å². The Morgan fingerprint density at radius 1 is 1.55 bits per heavy atom. The Bertz CT molecular complexity index is 141. The number of carbonyl (C=O) groups is 1. The summed E-state index contributed by atoms with van der Waals surface area (Å²) in [6.45, 7) is 1.68. The Morgan fingerprint density at radius 2 is 2.09 bits per heavy atom. The minimum Gasteiger partial charge on any atom is -0.481 e. The van der Waals surface area contributed by atoms with E-state index in [4.69, 9.17) is 5.11 Å². The van der Waals surface area contributed by atoms with Crippen molar-refractivity contribution in [3.05, 3.63) is 0 Å². The van der Waals surface area contributed by atoms with Crippen LogP contribution in [0.3, 0.4) is 0 Å². The number of rotatable bonds is 2. The van der Waals surface area contributed by atoms with Gasteiger partial charge in [-0.1, -0.05) is 0 Å². The molecule has 64 valence electrons. The number of piperidine rings is 1. The van der Waals surface area contributed by atoms with Gasteiger partial charge in [-0.3, -0.25) is 10.2 Å². The number of hydrazine groups is 1. The maximum Gasteiger partial charge on any atom is 0.306 e. The Balaban J connectivity index is 2.30. The largest absolute Gasteiger partial charge is 0.481 e. The highest BCUT2D eigenvalue weighted by molar-refractivity contribution is 5.70. The summed E-state index contributed by atoms with van der Waals surface area (Å²) in [6.07, 6.45) is 1.52. The molecule has 4 nitrogen and oxygen atoms in total. The van der Waals surface area contributed by atoms with E-state index in [1.54, 1.807) is 0 Å². The van der Waals surface area contributed by atoms with Crippen molar-refractivity contribution in [2.24, 2.45) is 5.92 Å². The van der Waals surface area contributed by atoms with Crippen LogP contribution >= 0.6 is 0 Å². The highest BCUT2D eigenvalue weighted by Gasteiger charge is 2.23. The van der Waals surface area contributed by atoms with Gasteiger partial charge in [-0.05, 0) is 19.9 Å². The lowest BCUT2D eigenvalue weighted by Crippen LogP contribution is -2.42. The summed E-state index contributed by atoms with van der Waals surface area (Å²) < 4.78 is 0. The normalized spacial score (nSPS) is 21.9. The van der Waals surface area contributed by atoms with Crippen LogP contribution in [0, 0.1) is 5.92 Å². The van der Waals surface area contributed by atoms with E-state index >= 15 is 0 Å². The summed E-state index contributed by atoms with van der Waals surface area (Å²) in [5, 5.41) is 10.7. The Kier molecular flexibility index (Phi) is 2.84. The van der Waals surface area contributed by atoms with E-state index in [2.05, 4.69) is 5.43 Å². The van der Waals surface area contributed by atoms with Crippen molar-refractivity contribution in [1.29, 1.82) is 0 Å². The first-order valence-electron chi connectivity index (χ1n) is 3.89. The summed E-state index contributed by atoms with van der Waals surface area (Å²) in [4.78, 5) is 10.5. The topological polar surface area (TPSA) is 52.6 Å². The highest BCUT2D eigenvalue weighted by Crippen LogP contribution is 2.15. The van der Waals surface area contributed by atoms with E-state index in [1.807, 2.05) is 12.1 Å². The van der Waals surface area contributed by atoms with Crippen molar-refractivity contribution in [3.63, 3.8) is 0 Å². The predicted octanol–water partition coefficient (Wildman–Crippen LogP) is -0.0826. The zero-order chi connectivity index (χ0) is 8.27. The van der Waals surface area contributed by atoms with E-state index in [9.17, 15) is 4.79 Å². The average Bonchev–Trinajstić information content (AvgIpc) is 2.05. The molecule has 2 N–H and O–H groups in total. The van der Waals surface area contributed by atoms with Crippen LogP contribution in [0.2, 0.25) is 0 Å². The van der Waals surface area contributed by atoms with Crippen LogP contribution < -0.4 is 5.43 Å². The van der Waals surface area contributed by atoms with Crippen LogP contribution in [0.15, 0.2) is 0 Å². The smallest absolute Gasteiger partial charge is 0.306 e. The minimum atomic E-state index is -0.652. The molecule has 1 fully saturated rings. The lowest BCUT2D eigenvalue weighted by molar-refractivity contribution is -0.143. The van der Waals surface area contributed by atoms with Crippen LogP contribution in [0.5, 0.6) is 0 Å². The van der Waals surface area contributed by atoms with Gasteiger partial charge in [0.25, 0.3) is 0 Å². The first-order chi connectivity index (χ1) is 5.24. The van der Waals surface area contributed by atoms with Gasteiger partial charge in [0.1, 0.15) is 0 Å². The number of hydrogen-bond donors (Lipinski definition) is 2. The third-order valence-electron chi connectivity index (χ3n) is 2.16. The quantitative estimate of drug-likeness (QED) is 0.590. The highest BCUT2D eigenvalue weighted by atomic mass is 16.4. The maximum absolute atomic E-state index is 10.5. The molecule has 0 aromatic heterocycles. The van der Waals surface area contributed by atoms with Gasteiger partial charge in [0.15, 0.2) is 0 Å². The van der Waals surface area contributed by atoms with Gasteiger partial charge in [0.05, 0.1) is 5.92 Å². The molecule has 0 unspecified atom stereocenters. The van der Waals surface area contributed by atoms with Crippen molar-refractivity contribution >= 4 is 5.97 Å². The van der Waals surface area contributed by atoms with Gasteiger partial charge < -0.3 is 5.11 Å². The number of carboxylic acid groups (broad SMARTS) is 1. The number of carboxylic acids is 1. The number of aliphatic carboxylic acids is 1. The first kappa shape index (κ1) is 8.49. The van der Waals surface area contributed by atoms with Crippen molar-refractivity contribution in [1.82, 2.24) is 10.4 Å². The molecule has 0 bridgehead atoms. The van der Waals surface area contributed by atoms with Crippen LogP contribution in [0.1, 0.15) is 12.8 Å². The summed E-state index contributed by atoms with van der Waals surface area (Å²) >= 11 is 0. The third-order valence-corrected chi connectivity index (χ3v) is 2.16. The Labute approximate surface area is 66.2 Å². The van der Waals surface area contributed by atoms with E-state index < -0.39 is 5.97 Å². The molecule has 0 aromatic carbocycles. The molecule has 1 rings (SSSR count). The molecule has 0 atom stereocenters. The summed E-state index contributed by atoms with van der Waals surface area (Å²) in [5.41, 5.74) is 3.00. The second kappa shape index (κ2) is 3.69. The van der Waals surface area contributed by atoms with Gasteiger partial charge in [-0.15, -0.1) is 0 Å². The fourth-order valence-electron chi connectivity index (χ4n) is 1.35. The van der Waals surface area contributed by atoms with Gasteiger partial charge in [-0.25, -0.2) is 5.01 Å². The fraction of sp³-hybridized carbons (Fsp3) is 0.857. The lowest BCUT2D eigenvalue weighted by Gasteiger charge is -2.28. The third kappa shape index (κ3) is 2.17. The van der Waals surface area contributed by atoms with E-state index in [1.165, 1.54) is 0 Å². The van der Waals surface area contributed by atoms with E-state index in [-0.39, 0.29) is 5.92 Å². The van der Waals surface area contributed by atoms with Crippen LogP contribution in [-0.2, 0) is 4.79 Å².